The number of rotatable bonds is 5. The minimum absolute atomic E-state index is 0.167. The molecule has 0 aliphatic carbocycles. The van der Waals surface area contributed by atoms with E-state index >= 15 is 0 Å². The summed E-state index contributed by atoms with van der Waals surface area (Å²) >= 11 is 3.30. The van der Waals surface area contributed by atoms with Crippen LogP contribution in [0, 0.1) is 18.3 Å². The maximum Gasteiger partial charge on any atom is 0.349 e. The third-order valence-corrected chi connectivity index (χ3v) is 3.66. The van der Waals surface area contributed by atoms with Gasteiger partial charge in [0.25, 0.3) is 5.91 Å². The van der Waals surface area contributed by atoms with E-state index in [4.69, 9.17) is 10.00 Å². The van der Waals surface area contributed by atoms with Gasteiger partial charge in [0.1, 0.15) is 11.6 Å². The number of halogens is 1. The first-order valence-corrected chi connectivity index (χ1v) is 8.18. The molecule has 2 rings (SSSR count). The molecule has 0 bridgehead atoms. The Labute approximate surface area is 154 Å². The summed E-state index contributed by atoms with van der Waals surface area (Å²) in [6, 6.07) is 16.1. The number of carbonyl (C=O) groups excluding carboxylic acids is 2. The van der Waals surface area contributed by atoms with E-state index in [1.54, 1.807) is 36.4 Å². The molecule has 6 heteroatoms. The normalized spacial score (nSPS) is 10.7. The zero-order valence-corrected chi connectivity index (χ0v) is 15.0. The number of nitrogens with one attached hydrogen (secondary N) is 1. The van der Waals surface area contributed by atoms with Crippen molar-refractivity contribution in [2.75, 3.05) is 11.9 Å². The van der Waals surface area contributed by atoms with Crippen LogP contribution in [0.1, 0.15) is 11.1 Å². The van der Waals surface area contributed by atoms with Crippen molar-refractivity contribution in [3.63, 3.8) is 0 Å². The molecule has 25 heavy (non-hydrogen) atoms. The van der Waals surface area contributed by atoms with Crippen LogP contribution in [0.15, 0.2) is 58.6 Å². The van der Waals surface area contributed by atoms with Gasteiger partial charge < -0.3 is 10.1 Å². The number of esters is 1. The highest BCUT2D eigenvalue weighted by atomic mass is 79.9. The van der Waals surface area contributed by atoms with Crippen LogP contribution >= 0.6 is 15.9 Å². The second-order valence-electron chi connectivity index (χ2n) is 5.22. The van der Waals surface area contributed by atoms with E-state index in [1.165, 1.54) is 6.08 Å². The van der Waals surface area contributed by atoms with Gasteiger partial charge in [0.15, 0.2) is 6.61 Å². The lowest BCUT2D eigenvalue weighted by atomic mass is 10.1. The van der Waals surface area contributed by atoms with Crippen molar-refractivity contribution in [2.24, 2.45) is 0 Å². The van der Waals surface area contributed by atoms with Gasteiger partial charge in [-0.15, -0.1) is 0 Å². The number of benzene rings is 2. The molecule has 2 aromatic rings. The molecule has 126 valence electrons. The van der Waals surface area contributed by atoms with Gasteiger partial charge in [-0.25, -0.2) is 4.79 Å². The minimum atomic E-state index is -0.840. The first kappa shape index (κ1) is 18.4. The van der Waals surface area contributed by atoms with Crippen LogP contribution in [0.25, 0.3) is 6.08 Å². The summed E-state index contributed by atoms with van der Waals surface area (Å²) in [4.78, 5) is 23.8. The summed E-state index contributed by atoms with van der Waals surface area (Å²) < 4.78 is 5.72. The standard InChI is InChI=1S/C19H15BrN2O3/c1-13-5-7-14(8-6-13)9-15(11-21)19(24)25-12-18(23)22-17-4-2-3-16(20)10-17/h2-10H,12H2,1H3,(H,22,23)/b15-9+. The zero-order valence-electron chi connectivity index (χ0n) is 13.5. The van der Waals surface area contributed by atoms with Gasteiger partial charge >= 0.3 is 5.97 Å². The van der Waals surface area contributed by atoms with Gasteiger partial charge in [-0.3, -0.25) is 4.79 Å². The summed E-state index contributed by atoms with van der Waals surface area (Å²) in [5.41, 5.74) is 2.19. The molecular weight excluding hydrogens is 384 g/mol. The molecule has 0 aliphatic rings. The molecule has 0 atom stereocenters. The van der Waals surface area contributed by atoms with Crippen LogP contribution in [0.5, 0.6) is 0 Å². The number of hydrogen-bond donors (Lipinski definition) is 1. The fourth-order valence-electron chi connectivity index (χ4n) is 1.94. The van der Waals surface area contributed by atoms with Crippen molar-refractivity contribution in [1.82, 2.24) is 0 Å². The summed E-state index contributed by atoms with van der Waals surface area (Å²) in [5.74, 6) is -1.33. The number of nitrogens with zero attached hydrogens (tertiary/aromatic N) is 1. The molecule has 0 unspecified atom stereocenters. The highest BCUT2D eigenvalue weighted by molar-refractivity contribution is 9.10. The Bertz CT molecular complexity index is 852. The smallest absolute Gasteiger partial charge is 0.349 e. The van der Waals surface area contributed by atoms with Crippen molar-refractivity contribution >= 4 is 39.6 Å². The van der Waals surface area contributed by atoms with E-state index in [2.05, 4.69) is 21.2 Å². The van der Waals surface area contributed by atoms with Gasteiger partial charge in [-0.05, 0) is 36.8 Å². The first-order valence-electron chi connectivity index (χ1n) is 7.39. The van der Waals surface area contributed by atoms with Crippen LogP contribution in [-0.4, -0.2) is 18.5 Å². The zero-order chi connectivity index (χ0) is 18.2. The Morgan fingerprint density at radius 3 is 2.60 bits per heavy atom. The van der Waals surface area contributed by atoms with E-state index in [0.29, 0.717) is 11.3 Å². The van der Waals surface area contributed by atoms with Gasteiger partial charge in [-0.1, -0.05) is 51.8 Å². The molecule has 0 fully saturated rings. The molecule has 0 aromatic heterocycles. The van der Waals surface area contributed by atoms with Gasteiger partial charge in [0, 0.05) is 10.2 Å². The number of amides is 1. The summed E-state index contributed by atoms with van der Waals surface area (Å²) in [6.07, 6.45) is 1.42. The minimum Gasteiger partial charge on any atom is -0.451 e. The van der Waals surface area contributed by atoms with Crippen LogP contribution in [0.2, 0.25) is 0 Å². The Hall–Kier alpha value is -2.91. The van der Waals surface area contributed by atoms with Crippen molar-refractivity contribution in [3.05, 3.63) is 69.7 Å². The number of carbonyl (C=O) groups is 2. The molecule has 1 amide bonds. The number of anilines is 1. The molecule has 1 N–H and O–H groups in total. The lowest BCUT2D eigenvalue weighted by Gasteiger charge is -2.06. The second-order valence-corrected chi connectivity index (χ2v) is 6.13. The topological polar surface area (TPSA) is 79.2 Å². The van der Waals surface area contributed by atoms with E-state index in [0.717, 1.165) is 10.0 Å². The number of hydrogen-bond acceptors (Lipinski definition) is 4. The van der Waals surface area contributed by atoms with Crippen LogP contribution in [0.3, 0.4) is 0 Å². The van der Waals surface area contributed by atoms with Crippen LogP contribution in [0.4, 0.5) is 5.69 Å². The van der Waals surface area contributed by atoms with Crippen LogP contribution < -0.4 is 5.32 Å². The number of aryl methyl sites for hydroxylation is 1. The van der Waals surface area contributed by atoms with Crippen molar-refractivity contribution < 1.29 is 14.3 Å². The Balaban J connectivity index is 1.94. The highest BCUT2D eigenvalue weighted by Gasteiger charge is 2.13. The van der Waals surface area contributed by atoms with Crippen molar-refractivity contribution in [1.29, 1.82) is 5.26 Å². The lowest BCUT2D eigenvalue weighted by Crippen LogP contribution is -2.21. The molecule has 0 radical (unpaired) electrons. The number of nitriles is 1. The van der Waals surface area contributed by atoms with Crippen molar-refractivity contribution in [2.45, 2.75) is 6.92 Å². The molecular formula is C19H15BrN2O3. The second kappa shape index (κ2) is 8.81. The third kappa shape index (κ3) is 5.90. The third-order valence-electron chi connectivity index (χ3n) is 3.17. The average Bonchev–Trinajstić information content (AvgIpc) is 2.59. The fraction of sp³-hybridized carbons (Fsp3) is 0.105. The lowest BCUT2D eigenvalue weighted by molar-refractivity contribution is -0.142. The fourth-order valence-corrected chi connectivity index (χ4v) is 2.34. The Morgan fingerprint density at radius 2 is 1.96 bits per heavy atom. The molecule has 2 aromatic carbocycles. The SMILES string of the molecule is Cc1ccc(/C=C(\C#N)C(=O)OCC(=O)Nc2cccc(Br)c2)cc1. The number of ether oxygens (including phenoxy) is 1. The summed E-state index contributed by atoms with van der Waals surface area (Å²) in [5, 5.41) is 11.7. The predicted molar refractivity (Wildman–Crippen MR) is 98.5 cm³/mol. The Morgan fingerprint density at radius 1 is 1.24 bits per heavy atom. The van der Waals surface area contributed by atoms with Gasteiger partial charge in [-0.2, -0.15) is 5.26 Å². The monoisotopic (exact) mass is 398 g/mol. The maximum atomic E-state index is 12.0. The van der Waals surface area contributed by atoms with Gasteiger partial charge in [0.05, 0.1) is 0 Å². The highest BCUT2D eigenvalue weighted by Crippen LogP contribution is 2.15. The molecule has 0 aliphatic heterocycles. The van der Waals surface area contributed by atoms with E-state index in [1.807, 2.05) is 25.1 Å². The summed E-state index contributed by atoms with van der Waals surface area (Å²) in [6.45, 7) is 1.47. The maximum absolute atomic E-state index is 12.0. The van der Waals surface area contributed by atoms with Gasteiger partial charge in [0.2, 0.25) is 0 Å². The largest absolute Gasteiger partial charge is 0.451 e. The summed E-state index contributed by atoms with van der Waals surface area (Å²) in [7, 11) is 0. The molecule has 0 saturated heterocycles. The molecule has 0 spiro atoms. The van der Waals surface area contributed by atoms with E-state index < -0.39 is 18.5 Å². The average molecular weight is 399 g/mol. The molecule has 5 nitrogen and oxygen atoms in total. The van der Waals surface area contributed by atoms with Crippen LogP contribution in [-0.2, 0) is 14.3 Å². The first-order chi connectivity index (χ1) is 12.0. The van der Waals surface area contributed by atoms with Crippen molar-refractivity contribution in [3.8, 4) is 6.07 Å². The predicted octanol–water partition coefficient (Wildman–Crippen LogP) is 3.85. The van der Waals surface area contributed by atoms with E-state index in [9.17, 15) is 9.59 Å². The van der Waals surface area contributed by atoms with E-state index in [-0.39, 0.29) is 5.57 Å². The Kier molecular flexibility index (Phi) is 6.49. The molecule has 0 saturated carbocycles. The molecule has 0 heterocycles. The quantitative estimate of drug-likeness (QED) is 0.471.